The molecular formula is C20H31N5O2. The molecule has 0 aromatic carbocycles. The molecule has 7 nitrogen and oxygen atoms in total. The Bertz CT molecular complexity index is 655. The molecule has 2 saturated heterocycles. The van der Waals surface area contributed by atoms with Gasteiger partial charge in [-0.15, -0.1) is 0 Å². The maximum Gasteiger partial charge on any atom is 0.317 e. The van der Waals surface area contributed by atoms with Gasteiger partial charge >= 0.3 is 6.03 Å². The molecule has 2 N–H and O–H groups in total. The summed E-state index contributed by atoms with van der Waals surface area (Å²) in [5.41, 5.74) is 1.12. The van der Waals surface area contributed by atoms with Crippen LogP contribution in [0.1, 0.15) is 57.1 Å². The lowest BCUT2D eigenvalue weighted by atomic mass is 9.73. The molecule has 3 heterocycles. The van der Waals surface area contributed by atoms with E-state index < -0.39 is 0 Å². The maximum absolute atomic E-state index is 12.7. The first kappa shape index (κ1) is 18.3. The van der Waals surface area contributed by atoms with Gasteiger partial charge in [0, 0.05) is 62.4 Å². The van der Waals surface area contributed by atoms with E-state index in [1.165, 1.54) is 12.8 Å². The predicted molar refractivity (Wildman–Crippen MR) is 102 cm³/mol. The summed E-state index contributed by atoms with van der Waals surface area (Å²) in [5.74, 6) is 0.243. The summed E-state index contributed by atoms with van der Waals surface area (Å²) in [5, 5.41) is 3.23. The van der Waals surface area contributed by atoms with Crippen molar-refractivity contribution in [2.75, 3.05) is 26.2 Å². The standard InChI is InChI=1S/C20H31N5O2/c26-18-6-9-20(13-24(18)11-7-17-12-21-15-22-17)8-3-10-25(14-20)19(27)23-16-4-1-2-5-16/h12,15-16H,1-11,13-14H2,(H,21,22)(H,23,27)/t20-/m0/s1. The lowest BCUT2D eigenvalue weighted by Crippen LogP contribution is -2.57. The minimum absolute atomic E-state index is 0.0627. The summed E-state index contributed by atoms with van der Waals surface area (Å²) in [6.45, 7) is 3.10. The van der Waals surface area contributed by atoms with Crippen LogP contribution in [0.3, 0.4) is 0 Å². The number of nitrogens with zero attached hydrogens (tertiary/aromatic N) is 3. The van der Waals surface area contributed by atoms with Crippen LogP contribution in [-0.4, -0.2) is 63.9 Å². The van der Waals surface area contributed by atoms with E-state index in [4.69, 9.17) is 0 Å². The average Bonchev–Trinajstić information content (AvgIpc) is 3.37. The molecule has 3 fully saturated rings. The Morgan fingerprint density at radius 2 is 2.11 bits per heavy atom. The predicted octanol–water partition coefficient (Wildman–Crippen LogP) is 2.31. The Kier molecular flexibility index (Phi) is 5.36. The number of nitrogens with one attached hydrogen (secondary N) is 2. The summed E-state index contributed by atoms with van der Waals surface area (Å²) in [4.78, 5) is 36.3. The topological polar surface area (TPSA) is 81.3 Å². The fourth-order valence-electron chi connectivity index (χ4n) is 5.03. The van der Waals surface area contributed by atoms with Gasteiger partial charge in [0.25, 0.3) is 0 Å². The van der Waals surface area contributed by atoms with Crippen molar-refractivity contribution in [2.45, 2.75) is 63.8 Å². The van der Waals surface area contributed by atoms with Gasteiger partial charge < -0.3 is 20.1 Å². The fraction of sp³-hybridized carbons (Fsp3) is 0.750. The lowest BCUT2D eigenvalue weighted by molar-refractivity contribution is -0.138. The number of hydrogen-bond donors (Lipinski definition) is 2. The van der Waals surface area contributed by atoms with Gasteiger partial charge in [0.1, 0.15) is 0 Å². The Hall–Kier alpha value is -2.05. The van der Waals surface area contributed by atoms with Crippen LogP contribution in [0, 0.1) is 5.41 Å². The second-order valence-corrected chi connectivity index (χ2v) is 8.60. The van der Waals surface area contributed by atoms with Crippen molar-refractivity contribution < 1.29 is 9.59 Å². The molecule has 1 saturated carbocycles. The summed E-state index contributed by atoms with van der Waals surface area (Å²) < 4.78 is 0. The molecule has 0 bridgehead atoms. The first-order chi connectivity index (χ1) is 13.1. The Morgan fingerprint density at radius 1 is 1.26 bits per heavy atom. The van der Waals surface area contributed by atoms with Crippen molar-refractivity contribution in [2.24, 2.45) is 5.41 Å². The molecule has 0 unspecified atom stereocenters. The molecule has 1 aromatic heterocycles. The summed E-state index contributed by atoms with van der Waals surface area (Å²) in [6, 6.07) is 0.455. The lowest BCUT2D eigenvalue weighted by Gasteiger charge is -2.48. The van der Waals surface area contributed by atoms with Crippen molar-refractivity contribution in [3.05, 3.63) is 18.2 Å². The first-order valence-electron chi connectivity index (χ1n) is 10.4. The highest BCUT2D eigenvalue weighted by Crippen LogP contribution is 2.39. The molecular weight excluding hydrogens is 342 g/mol. The molecule has 148 valence electrons. The molecule has 27 heavy (non-hydrogen) atoms. The molecule has 0 radical (unpaired) electrons. The van der Waals surface area contributed by atoms with Crippen molar-refractivity contribution in [3.8, 4) is 0 Å². The summed E-state index contributed by atoms with van der Waals surface area (Å²) in [7, 11) is 0. The molecule has 1 atom stereocenters. The second-order valence-electron chi connectivity index (χ2n) is 8.60. The molecule has 1 aromatic rings. The van der Waals surface area contributed by atoms with E-state index >= 15 is 0 Å². The van der Waals surface area contributed by atoms with Gasteiger partial charge in [-0.05, 0) is 32.1 Å². The number of carbonyl (C=O) groups excluding carboxylic acids is 2. The van der Waals surface area contributed by atoms with Crippen molar-refractivity contribution in [3.63, 3.8) is 0 Å². The molecule has 1 spiro atoms. The van der Waals surface area contributed by atoms with Crippen LogP contribution in [0.25, 0.3) is 0 Å². The van der Waals surface area contributed by atoms with E-state index in [0.717, 1.165) is 70.4 Å². The second kappa shape index (κ2) is 7.90. The Balaban J connectivity index is 1.35. The average molecular weight is 374 g/mol. The van der Waals surface area contributed by atoms with Gasteiger partial charge in [-0.3, -0.25) is 4.79 Å². The number of imidazole rings is 1. The Morgan fingerprint density at radius 3 is 2.89 bits per heavy atom. The quantitative estimate of drug-likeness (QED) is 0.850. The number of likely N-dealkylation sites (tertiary alicyclic amines) is 2. The number of hydrogen-bond acceptors (Lipinski definition) is 3. The number of H-pyrrole nitrogens is 1. The van der Waals surface area contributed by atoms with E-state index in [2.05, 4.69) is 15.3 Å². The third-order valence-electron chi connectivity index (χ3n) is 6.59. The van der Waals surface area contributed by atoms with Crippen LogP contribution in [0.4, 0.5) is 4.79 Å². The number of rotatable bonds is 4. The molecule has 2 aliphatic heterocycles. The highest BCUT2D eigenvalue weighted by molar-refractivity contribution is 5.77. The van der Waals surface area contributed by atoms with Gasteiger partial charge in [-0.1, -0.05) is 12.8 Å². The monoisotopic (exact) mass is 373 g/mol. The van der Waals surface area contributed by atoms with E-state index in [1.807, 2.05) is 16.0 Å². The van der Waals surface area contributed by atoms with Gasteiger partial charge in [0.05, 0.1) is 6.33 Å². The van der Waals surface area contributed by atoms with Crippen LogP contribution in [0.5, 0.6) is 0 Å². The molecule has 4 rings (SSSR count). The van der Waals surface area contributed by atoms with Gasteiger partial charge in [0.15, 0.2) is 0 Å². The largest absolute Gasteiger partial charge is 0.348 e. The molecule has 3 aliphatic rings. The minimum Gasteiger partial charge on any atom is -0.348 e. The SMILES string of the molecule is O=C1CC[C@@]2(CCCN(C(=O)NC3CCCC3)C2)CN1CCc1cnc[nH]1. The minimum atomic E-state index is 0.0627. The van der Waals surface area contributed by atoms with Gasteiger partial charge in [-0.2, -0.15) is 0 Å². The number of carbonyl (C=O) groups is 2. The van der Waals surface area contributed by atoms with E-state index in [1.54, 1.807) is 6.33 Å². The first-order valence-corrected chi connectivity index (χ1v) is 10.4. The highest BCUT2D eigenvalue weighted by atomic mass is 16.2. The van der Waals surface area contributed by atoms with Crippen LogP contribution >= 0.6 is 0 Å². The molecule has 1 aliphatic carbocycles. The zero-order chi connectivity index (χ0) is 18.7. The number of aromatic amines is 1. The zero-order valence-electron chi connectivity index (χ0n) is 16.1. The number of piperidine rings is 2. The van der Waals surface area contributed by atoms with Gasteiger partial charge in [0.2, 0.25) is 5.91 Å². The third kappa shape index (κ3) is 4.28. The van der Waals surface area contributed by atoms with E-state index in [9.17, 15) is 9.59 Å². The number of aromatic nitrogens is 2. The van der Waals surface area contributed by atoms with Crippen molar-refractivity contribution in [1.82, 2.24) is 25.1 Å². The summed E-state index contributed by atoms with van der Waals surface area (Å²) >= 11 is 0. The van der Waals surface area contributed by atoms with Crippen LogP contribution in [0.15, 0.2) is 12.5 Å². The number of amides is 3. The normalized spacial score (nSPS) is 26.7. The van der Waals surface area contributed by atoms with Crippen LogP contribution < -0.4 is 5.32 Å². The van der Waals surface area contributed by atoms with Crippen LogP contribution in [0.2, 0.25) is 0 Å². The molecule has 7 heteroatoms. The van der Waals surface area contributed by atoms with Gasteiger partial charge in [-0.25, -0.2) is 9.78 Å². The smallest absolute Gasteiger partial charge is 0.317 e. The van der Waals surface area contributed by atoms with Crippen molar-refractivity contribution in [1.29, 1.82) is 0 Å². The van der Waals surface area contributed by atoms with E-state index in [0.29, 0.717) is 12.5 Å². The van der Waals surface area contributed by atoms with Crippen molar-refractivity contribution >= 4 is 11.9 Å². The third-order valence-corrected chi connectivity index (χ3v) is 6.59. The maximum atomic E-state index is 12.7. The zero-order valence-corrected chi connectivity index (χ0v) is 16.1. The number of urea groups is 1. The van der Waals surface area contributed by atoms with Crippen LogP contribution in [-0.2, 0) is 11.2 Å². The molecule has 3 amide bonds. The summed E-state index contributed by atoms with van der Waals surface area (Å²) in [6.07, 6.45) is 12.6. The highest BCUT2D eigenvalue weighted by Gasteiger charge is 2.42. The Labute approximate surface area is 160 Å². The van der Waals surface area contributed by atoms with E-state index in [-0.39, 0.29) is 17.4 Å². The fourth-order valence-corrected chi connectivity index (χ4v) is 5.03.